The first-order valence-corrected chi connectivity index (χ1v) is 15.0. The van der Waals surface area contributed by atoms with E-state index in [1.165, 1.54) is 41.8 Å². The third-order valence-corrected chi connectivity index (χ3v) is 9.80. The van der Waals surface area contributed by atoms with Crippen LogP contribution in [0.3, 0.4) is 0 Å². The Bertz CT molecular complexity index is 2540. The first-order valence-electron chi connectivity index (χ1n) is 14.2. The Morgan fingerprint density at radius 3 is 2.21 bits per heavy atom. The molecule has 0 aliphatic heterocycles. The van der Waals surface area contributed by atoms with Gasteiger partial charge in [0.15, 0.2) is 0 Å². The Hall–Kier alpha value is -5.52. The van der Waals surface area contributed by atoms with Crippen molar-refractivity contribution in [1.29, 1.82) is 0 Å². The fourth-order valence-corrected chi connectivity index (χ4v) is 7.98. The van der Waals surface area contributed by atoms with Crippen molar-refractivity contribution in [3.63, 3.8) is 0 Å². The van der Waals surface area contributed by atoms with Crippen molar-refractivity contribution in [3.8, 4) is 27.9 Å². The Labute approximate surface area is 250 Å². The average Bonchev–Trinajstić information content (AvgIpc) is 3.60. The summed E-state index contributed by atoms with van der Waals surface area (Å²) in [5, 5.41) is 19.2. The van der Waals surface area contributed by atoms with Crippen LogP contribution in [-0.2, 0) is 0 Å². The standard InChI is InChI=1S/C38H22N2O2S/c41-40(42)32-15-6-4-13-29(32)27-19-25-17-18-26-21-31-30-14-5-7-16-34(30)43-38(31)37-36(26)35(25)33(22-27)39(37)28-12-8-11-24(20-28)23-9-2-1-3-10-23/h1-22H. The lowest BCUT2D eigenvalue weighted by atomic mass is 9.96. The highest BCUT2D eigenvalue weighted by Gasteiger charge is 2.24. The van der Waals surface area contributed by atoms with Gasteiger partial charge in [0.1, 0.15) is 0 Å². The molecule has 43 heavy (non-hydrogen) atoms. The lowest BCUT2D eigenvalue weighted by Gasteiger charge is -2.12. The topological polar surface area (TPSA) is 48.1 Å². The van der Waals surface area contributed by atoms with Crippen LogP contribution in [0.15, 0.2) is 133 Å². The van der Waals surface area contributed by atoms with Gasteiger partial charge in [-0.15, -0.1) is 11.3 Å². The minimum Gasteiger partial charge on any atom is -0.308 e. The zero-order valence-corrected chi connectivity index (χ0v) is 23.6. The Kier molecular flexibility index (Phi) is 5.04. The summed E-state index contributed by atoms with van der Waals surface area (Å²) in [6.07, 6.45) is 0. The highest BCUT2D eigenvalue weighted by Crippen LogP contribution is 2.48. The highest BCUT2D eigenvalue weighted by atomic mass is 32.1. The summed E-state index contributed by atoms with van der Waals surface area (Å²) < 4.78 is 4.89. The third kappa shape index (κ3) is 3.49. The van der Waals surface area contributed by atoms with Gasteiger partial charge >= 0.3 is 0 Å². The molecule has 0 unspecified atom stereocenters. The quantitative estimate of drug-likeness (QED) is 0.120. The Morgan fingerprint density at radius 1 is 0.605 bits per heavy atom. The van der Waals surface area contributed by atoms with Crippen LogP contribution in [0.25, 0.3) is 80.7 Å². The Balaban J connectivity index is 1.47. The number of aromatic nitrogens is 1. The molecule has 9 aromatic rings. The van der Waals surface area contributed by atoms with Gasteiger partial charge in [-0.25, -0.2) is 0 Å². The molecule has 0 N–H and O–H groups in total. The number of nitrogens with zero attached hydrogens (tertiary/aromatic N) is 2. The number of hydrogen-bond donors (Lipinski definition) is 0. The Morgan fingerprint density at radius 2 is 1.35 bits per heavy atom. The molecule has 0 aliphatic carbocycles. The molecular formula is C38H22N2O2S. The molecule has 0 aliphatic rings. The molecular weight excluding hydrogens is 548 g/mol. The zero-order valence-electron chi connectivity index (χ0n) is 22.8. The minimum absolute atomic E-state index is 0.107. The molecule has 9 rings (SSSR count). The van der Waals surface area contributed by atoms with Crippen LogP contribution in [0.5, 0.6) is 0 Å². The second kappa shape index (κ2) is 8.99. The van der Waals surface area contributed by atoms with Crippen molar-refractivity contribution in [2.45, 2.75) is 0 Å². The maximum Gasteiger partial charge on any atom is 0.277 e. The van der Waals surface area contributed by atoms with Gasteiger partial charge < -0.3 is 4.57 Å². The lowest BCUT2D eigenvalue weighted by molar-refractivity contribution is -0.384. The average molecular weight is 571 g/mol. The third-order valence-electron chi connectivity index (χ3n) is 8.60. The molecule has 0 spiro atoms. The second-order valence-corrected chi connectivity index (χ2v) is 12.0. The van der Waals surface area contributed by atoms with E-state index in [2.05, 4.69) is 108 Å². The van der Waals surface area contributed by atoms with Gasteiger partial charge in [-0.05, 0) is 69.9 Å². The van der Waals surface area contributed by atoms with Crippen LogP contribution in [0.2, 0.25) is 0 Å². The molecule has 202 valence electrons. The SMILES string of the molecule is O=[N+]([O-])c1ccccc1-c1cc2ccc3cc4c5ccccc5sc4c4c3c2c(c1)n4-c1cccc(-c2ccccc2)c1. The largest absolute Gasteiger partial charge is 0.308 e. The summed E-state index contributed by atoms with van der Waals surface area (Å²) in [7, 11) is 0. The number of benzene rings is 7. The van der Waals surface area contributed by atoms with Gasteiger partial charge in [0, 0.05) is 38.0 Å². The smallest absolute Gasteiger partial charge is 0.277 e. The fourth-order valence-electron chi connectivity index (χ4n) is 6.75. The highest BCUT2D eigenvalue weighted by molar-refractivity contribution is 7.26. The predicted octanol–water partition coefficient (Wildman–Crippen LogP) is 11.0. The maximum absolute atomic E-state index is 12.0. The molecule has 0 fully saturated rings. The fraction of sp³-hybridized carbons (Fsp3) is 0. The number of nitro groups is 1. The second-order valence-electron chi connectivity index (χ2n) is 11.0. The molecule has 0 radical (unpaired) electrons. The molecule has 4 nitrogen and oxygen atoms in total. The molecule has 0 saturated heterocycles. The van der Waals surface area contributed by atoms with Gasteiger partial charge in [0.25, 0.3) is 5.69 Å². The summed E-state index contributed by atoms with van der Waals surface area (Å²) in [4.78, 5) is 11.8. The number of thiophene rings is 1. The van der Waals surface area contributed by atoms with Gasteiger partial charge in [0.2, 0.25) is 0 Å². The van der Waals surface area contributed by atoms with E-state index in [-0.39, 0.29) is 10.6 Å². The van der Waals surface area contributed by atoms with Crippen LogP contribution < -0.4 is 0 Å². The van der Waals surface area contributed by atoms with E-state index < -0.39 is 0 Å². The van der Waals surface area contributed by atoms with E-state index in [9.17, 15) is 10.1 Å². The summed E-state index contributed by atoms with van der Waals surface area (Å²) in [5.74, 6) is 0. The van der Waals surface area contributed by atoms with E-state index in [4.69, 9.17) is 0 Å². The van der Waals surface area contributed by atoms with Crippen LogP contribution in [0, 0.1) is 10.1 Å². The van der Waals surface area contributed by atoms with E-state index in [0.717, 1.165) is 33.3 Å². The van der Waals surface area contributed by atoms with Gasteiger partial charge in [0.05, 0.1) is 26.2 Å². The van der Waals surface area contributed by atoms with Crippen molar-refractivity contribution in [1.82, 2.24) is 4.57 Å². The number of fused-ring (bicyclic) bond motifs is 4. The molecule has 5 heteroatoms. The van der Waals surface area contributed by atoms with E-state index in [1.807, 2.05) is 29.5 Å². The minimum atomic E-state index is -0.293. The van der Waals surface area contributed by atoms with Crippen molar-refractivity contribution in [2.75, 3.05) is 0 Å². The van der Waals surface area contributed by atoms with Crippen LogP contribution in [-0.4, -0.2) is 9.49 Å². The number of hydrogen-bond acceptors (Lipinski definition) is 3. The van der Waals surface area contributed by atoms with Crippen molar-refractivity contribution >= 4 is 69.8 Å². The molecule has 0 saturated carbocycles. The first-order chi connectivity index (χ1) is 21.2. The molecule has 2 heterocycles. The van der Waals surface area contributed by atoms with Gasteiger partial charge in [-0.1, -0.05) is 84.9 Å². The van der Waals surface area contributed by atoms with E-state index in [1.54, 1.807) is 12.1 Å². The molecule has 7 aromatic carbocycles. The van der Waals surface area contributed by atoms with Crippen LogP contribution in [0.4, 0.5) is 5.69 Å². The lowest BCUT2D eigenvalue weighted by Crippen LogP contribution is -1.95. The number of rotatable bonds is 4. The summed E-state index contributed by atoms with van der Waals surface area (Å²) in [5.41, 5.74) is 7.14. The molecule has 0 amide bonds. The van der Waals surface area contributed by atoms with Crippen molar-refractivity contribution < 1.29 is 4.92 Å². The van der Waals surface area contributed by atoms with Crippen molar-refractivity contribution in [3.05, 3.63) is 144 Å². The van der Waals surface area contributed by atoms with Crippen LogP contribution in [0.1, 0.15) is 0 Å². The van der Waals surface area contributed by atoms with E-state index in [0.29, 0.717) is 5.56 Å². The summed E-state index contributed by atoms with van der Waals surface area (Å²) in [6, 6.07) is 45.7. The zero-order chi connectivity index (χ0) is 28.7. The summed E-state index contributed by atoms with van der Waals surface area (Å²) in [6.45, 7) is 0. The first kappa shape index (κ1) is 24.1. The molecule has 2 aromatic heterocycles. The van der Waals surface area contributed by atoms with Gasteiger partial charge in [-0.2, -0.15) is 0 Å². The van der Waals surface area contributed by atoms with Crippen LogP contribution >= 0.6 is 11.3 Å². The number of para-hydroxylation sites is 1. The monoisotopic (exact) mass is 570 g/mol. The molecule has 0 bridgehead atoms. The molecule has 0 atom stereocenters. The summed E-state index contributed by atoms with van der Waals surface area (Å²) >= 11 is 1.83. The normalized spacial score (nSPS) is 11.9. The number of nitro benzene ring substituents is 1. The van der Waals surface area contributed by atoms with E-state index >= 15 is 0 Å². The van der Waals surface area contributed by atoms with Crippen molar-refractivity contribution in [2.24, 2.45) is 0 Å². The maximum atomic E-state index is 12.0. The predicted molar refractivity (Wildman–Crippen MR) is 180 cm³/mol. The van der Waals surface area contributed by atoms with Gasteiger partial charge in [-0.3, -0.25) is 10.1 Å².